The first kappa shape index (κ1) is 17.0. The van der Waals surface area contributed by atoms with Crippen molar-refractivity contribution in [1.29, 1.82) is 0 Å². The minimum atomic E-state index is 0.675. The Kier molecular flexibility index (Phi) is 7.63. The van der Waals surface area contributed by atoms with Crippen molar-refractivity contribution in [1.82, 2.24) is 10.2 Å². The Morgan fingerprint density at radius 1 is 1.45 bits per heavy atom. The molecule has 0 aromatic carbocycles. The Morgan fingerprint density at radius 2 is 2.20 bits per heavy atom. The quantitative estimate of drug-likeness (QED) is 0.661. The molecule has 0 saturated heterocycles. The first-order valence-corrected chi connectivity index (χ1v) is 7.69. The summed E-state index contributed by atoms with van der Waals surface area (Å²) in [5, 5.41) is 3.47. The molecule has 0 saturated carbocycles. The lowest BCUT2D eigenvalue weighted by Gasteiger charge is -2.17. The van der Waals surface area contributed by atoms with Crippen molar-refractivity contribution in [3.8, 4) is 0 Å². The van der Waals surface area contributed by atoms with E-state index in [1.54, 1.807) is 0 Å². The number of rotatable bonds is 10. The largest absolute Gasteiger partial charge is 0.465 e. The van der Waals surface area contributed by atoms with Crippen LogP contribution < -0.4 is 5.32 Å². The van der Waals surface area contributed by atoms with Crippen LogP contribution in [0.15, 0.2) is 23.1 Å². The molecule has 0 aliphatic heterocycles. The molecule has 20 heavy (non-hydrogen) atoms. The van der Waals surface area contributed by atoms with Gasteiger partial charge in [0.2, 0.25) is 0 Å². The predicted octanol–water partition coefficient (Wildman–Crippen LogP) is 3.73. The summed E-state index contributed by atoms with van der Waals surface area (Å²) in [5.41, 5.74) is 1.27. The molecule has 1 heterocycles. The molecule has 0 aliphatic carbocycles. The van der Waals surface area contributed by atoms with Gasteiger partial charge in [0.25, 0.3) is 0 Å². The Morgan fingerprint density at radius 3 is 2.80 bits per heavy atom. The van der Waals surface area contributed by atoms with E-state index in [4.69, 9.17) is 4.42 Å². The SMILES string of the molecule is C=CCN(CCC)Cc1cc(CNCC(C)C)c(C)o1. The van der Waals surface area contributed by atoms with Gasteiger partial charge >= 0.3 is 0 Å². The van der Waals surface area contributed by atoms with Crippen molar-refractivity contribution < 1.29 is 4.42 Å². The van der Waals surface area contributed by atoms with E-state index in [9.17, 15) is 0 Å². The maximum atomic E-state index is 5.88. The highest BCUT2D eigenvalue weighted by Gasteiger charge is 2.10. The number of hydrogen-bond donors (Lipinski definition) is 1. The molecule has 0 aliphatic rings. The van der Waals surface area contributed by atoms with Gasteiger partial charge in [0.15, 0.2) is 0 Å². The lowest BCUT2D eigenvalue weighted by atomic mass is 10.2. The zero-order valence-corrected chi connectivity index (χ0v) is 13.5. The Hall–Kier alpha value is -1.06. The summed E-state index contributed by atoms with van der Waals surface area (Å²) in [6.45, 7) is 17.3. The smallest absolute Gasteiger partial charge is 0.118 e. The molecule has 1 aromatic heterocycles. The lowest BCUT2D eigenvalue weighted by Crippen LogP contribution is -2.23. The molecule has 0 fully saturated rings. The van der Waals surface area contributed by atoms with Crippen LogP contribution in [-0.4, -0.2) is 24.5 Å². The Balaban J connectivity index is 2.56. The molecule has 114 valence electrons. The second-order valence-electron chi connectivity index (χ2n) is 5.84. The van der Waals surface area contributed by atoms with E-state index in [-0.39, 0.29) is 0 Å². The minimum absolute atomic E-state index is 0.675. The fourth-order valence-electron chi connectivity index (χ4n) is 2.29. The molecule has 3 heteroatoms. The monoisotopic (exact) mass is 278 g/mol. The molecule has 0 atom stereocenters. The van der Waals surface area contributed by atoms with Crippen molar-refractivity contribution >= 4 is 0 Å². The number of nitrogens with one attached hydrogen (secondary N) is 1. The predicted molar refractivity (Wildman–Crippen MR) is 85.8 cm³/mol. The van der Waals surface area contributed by atoms with Gasteiger partial charge in [0.1, 0.15) is 11.5 Å². The van der Waals surface area contributed by atoms with Crippen LogP contribution in [0.1, 0.15) is 44.3 Å². The molecule has 1 aromatic rings. The van der Waals surface area contributed by atoms with Crippen molar-refractivity contribution in [3.63, 3.8) is 0 Å². The fourth-order valence-corrected chi connectivity index (χ4v) is 2.29. The first-order valence-electron chi connectivity index (χ1n) is 7.69. The fraction of sp³-hybridized carbons (Fsp3) is 0.647. The van der Waals surface area contributed by atoms with Crippen molar-refractivity contribution in [3.05, 3.63) is 35.8 Å². The molecule has 0 bridgehead atoms. The summed E-state index contributed by atoms with van der Waals surface area (Å²) in [5.74, 6) is 2.76. The molecule has 0 spiro atoms. The van der Waals surface area contributed by atoms with Gasteiger partial charge < -0.3 is 9.73 Å². The summed E-state index contributed by atoms with van der Waals surface area (Å²) in [4.78, 5) is 2.36. The second-order valence-corrected chi connectivity index (χ2v) is 5.84. The maximum absolute atomic E-state index is 5.88. The van der Waals surface area contributed by atoms with Crippen molar-refractivity contribution in [2.45, 2.75) is 47.2 Å². The van der Waals surface area contributed by atoms with Crippen LogP contribution in [0.25, 0.3) is 0 Å². The van der Waals surface area contributed by atoms with Gasteiger partial charge in [0.05, 0.1) is 6.54 Å². The summed E-state index contributed by atoms with van der Waals surface area (Å²) >= 11 is 0. The van der Waals surface area contributed by atoms with Gasteiger partial charge in [-0.3, -0.25) is 4.90 Å². The zero-order valence-electron chi connectivity index (χ0n) is 13.5. The van der Waals surface area contributed by atoms with Crippen LogP contribution in [0.2, 0.25) is 0 Å². The number of nitrogens with zero attached hydrogens (tertiary/aromatic N) is 1. The van der Waals surface area contributed by atoms with Crippen molar-refractivity contribution in [2.75, 3.05) is 19.6 Å². The molecule has 0 radical (unpaired) electrons. The molecular weight excluding hydrogens is 248 g/mol. The number of aryl methyl sites for hydroxylation is 1. The van der Waals surface area contributed by atoms with Crippen molar-refractivity contribution in [2.24, 2.45) is 5.92 Å². The van der Waals surface area contributed by atoms with E-state index in [2.05, 4.69) is 43.6 Å². The van der Waals surface area contributed by atoms with Gasteiger partial charge in [-0.05, 0) is 38.4 Å². The summed E-state index contributed by atoms with van der Waals surface area (Å²) in [6.07, 6.45) is 3.10. The van der Waals surface area contributed by atoms with Gasteiger partial charge in [-0.15, -0.1) is 6.58 Å². The molecular formula is C17H30N2O. The molecule has 1 N–H and O–H groups in total. The molecule has 0 amide bonds. The van der Waals surface area contributed by atoms with E-state index in [0.717, 1.165) is 50.7 Å². The number of hydrogen-bond acceptors (Lipinski definition) is 3. The number of furan rings is 1. The van der Waals surface area contributed by atoms with Crippen LogP contribution >= 0.6 is 0 Å². The van der Waals surface area contributed by atoms with E-state index in [1.165, 1.54) is 5.56 Å². The van der Waals surface area contributed by atoms with Gasteiger partial charge in [-0.2, -0.15) is 0 Å². The third kappa shape index (κ3) is 5.93. The third-order valence-corrected chi connectivity index (χ3v) is 3.25. The molecule has 0 unspecified atom stereocenters. The average molecular weight is 278 g/mol. The maximum Gasteiger partial charge on any atom is 0.118 e. The third-order valence-electron chi connectivity index (χ3n) is 3.25. The van der Waals surface area contributed by atoms with Gasteiger partial charge in [-0.1, -0.05) is 26.8 Å². The van der Waals surface area contributed by atoms with Gasteiger partial charge in [0, 0.05) is 18.7 Å². The second kappa shape index (κ2) is 8.98. The Bertz CT molecular complexity index is 396. The molecule has 3 nitrogen and oxygen atoms in total. The topological polar surface area (TPSA) is 28.4 Å². The van der Waals surface area contributed by atoms with Crippen LogP contribution in [0.4, 0.5) is 0 Å². The summed E-state index contributed by atoms with van der Waals surface area (Å²) in [6, 6.07) is 2.19. The van der Waals surface area contributed by atoms with Crippen LogP contribution in [-0.2, 0) is 13.1 Å². The minimum Gasteiger partial charge on any atom is -0.465 e. The normalized spacial score (nSPS) is 11.5. The van der Waals surface area contributed by atoms with E-state index in [0.29, 0.717) is 5.92 Å². The highest BCUT2D eigenvalue weighted by Crippen LogP contribution is 2.16. The van der Waals surface area contributed by atoms with Crippen LogP contribution in [0.5, 0.6) is 0 Å². The zero-order chi connectivity index (χ0) is 15.0. The highest BCUT2D eigenvalue weighted by atomic mass is 16.3. The van der Waals surface area contributed by atoms with Crippen LogP contribution in [0, 0.1) is 12.8 Å². The van der Waals surface area contributed by atoms with E-state index >= 15 is 0 Å². The standard InChI is InChI=1S/C17H30N2O/c1-6-8-19(9-7-2)13-17-10-16(15(5)20-17)12-18-11-14(3)4/h6,10,14,18H,1,7-9,11-13H2,2-5H3. The van der Waals surface area contributed by atoms with Crippen LogP contribution in [0.3, 0.4) is 0 Å². The highest BCUT2D eigenvalue weighted by molar-refractivity contribution is 5.20. The Labute approximate surface area is 124 Å². The molecule has 1 rings (SSSR count). The average Bonchev–Trinajstić information content (AvgIpc) is 2.70. The first-order chi connectivity index (χ1) is 9.56. The summed E-state index contributed by atoms with van der Waals surface area (Å²) in [7, 11) is 0. The van der Waals surface area contributed by atoms with Gasteiger partial charge in [-0.25, -0.2) is 0 Å². The van der Waals surface area contributed by atoms with E-state index < -0.39 is 0 Å². The summed E-state index contributed by atoms with van der Waals surface area (Å²) < 4.78 is 5.88. The lowest BCUT2D eigenvalue weighted by molar-refractivity contribution is 0.266. The van der Waals surface area contributed by atoms with E-state index in [1.807, 2.05) is 13.0 Å².